The highest BCUT2D eigenvalue weighted by Gasteiger charge is 2.41. The molecule has 1 nitrogen and oxygen atoms in total. The standard InChI is InChI=1S/C15H13ClF3N/c1-10-7-8-13(12(16)9-10)20-14(15(17,18)19)11-5-3-2-4-6-11/h2-9,14,20H,1H3. The summed E-state index contributed by atoms with van der Waals surface area (Å²) in [5.74, 6) is 0. The summed E-state index contributed by atoms with van der Waals surface area (Å²) in [5.41, 5.74) is 1.31. The average molecular weight is 300 g/mol. The van der Waals surface area contributed by atoms with E-state index >= 15 is 0 Å². The lowest BCUT2D eigenvalue weighted by Crippen LogP contribution is -2.28. The molecule has 0 bridgehead atoms. The third kappa shape index (κ3) is 3.45. The zero-order valence-electron chi connectivity index (χ0n) is 10.7. The van der Waals surface area contributed by atoms with Crippen molar-refractivity contribution in [1.29, 1.82) is 0 Å². The molecule has 1 N–H and O–H groups in total. The van der Waals surface area contributed by atoms with Crippen LogP contribution in [0.5, 0.6) is 0 Å². The topological polar surface area (TPSA) is 12.0 Å². The number of hydrogen-bond donors (Lipinski definition) is 1. The van der Waals surface area contributed by atoms with E-state index in [9.17, 15) is 13.2 Å². The van der Waals surface area contributed by atoms with E-state index in [2.05, 4.69) is 5.32 Å². The van der Waals surface area contributed by atoms with Crippen molar-refractivity contribution >= 4 is 17.3 Å². The van der Waals surface area contributed by atoms with Crippen molar-refractivity contribution in [3.05, 3.63) is 64.7 Å². The van der Waals surface area contributed by atoms with Gasteiger partial charge < -0.3 is 5.32 Å². The van der Waals surface area contributed by atoms with Crippen LogP contribution < -0.4 is 5.32 Å². The molecular formula is C15H13ClF3N. The van der Waals surface area contributed by atoms with E-state index in [1.165, 1.54) is 12.1 Å². The van der Waals surface area contributed by atoms with Crippen LogP contribution in [-0.4, -0.2) is 6.18 Å². The Balaban J connectivity index is 2.34. The predicted octanol–water partition coefficient (Wildman–Crippen LogP) is 5.36. The molecule has 0 fully saturated rings. The van der Waals surface area contributed by atoms with Crippen LogP contribution in [0.3, 0.4) is 0 Å². The Bertz CT molecular complexity index is 581. The SMILES string of the molecule is Cc1ccc(NC(c2ccccc2)C(F)(F)F)c(Cl)c1. The Labute approximate surface area is 120 Å². The molecule has 1 atom stereocenters. The summed E-state index contributed by atoms with van der Waals surface area (Å²) in [6.07, 6.45) is -4.41. The summed E-state index contributed by atoms with van der Waals surface area (Å²) in [6.45, 7) is 1.83. The number of halogens is 4. The second kappa shape index (κ2) is 5.75. The highest BCUT2D eigenvalue weighted by molar-refractivity contribution is 6.33. The number of rotatable bonds is 3. The third-order valence-electron chi connectivity index (χ3n) is 2.88. The zero-order valence-corrected chi connectivity index (χ0v) is 11.5. The minimum Gasteiger partial charge on any atom is -0.369 e. The lowest BCUT2D eigenvalue weighted by Gasteiger charge is -2.23. The smallest absolute Gasteiger partial charge is 0.369 e. The maximum atomic E-state index is 13.2. The maximum absolute atomic E-state index is 13.2. The van der Waals surface area contributed by atoms with E-state index in [1.807, 2.05) is 6.92 Å². The first kappa shape index (κ1) is 14.7. The lowest BCUT2D eigenvalue weighted by molar-refractivity contribution is -0.144. The molecule has 0 saturated carbocycles. The van der Waals surface area contributed by atoms with E-state index in [4.69, 9.17) is 11.6 Å². The third-order valence-corrected chi connectivity index (χ3v) is 3.20. The van der Waals surface area contributed by atoms with Gasteiger partial charge in [-0.05, 0) is 30.2 Å². The van der Waals surface area contributed by atoms with Gasteiger partial charge in [0, 0.05) is 0 Å². The first-order chi connectivity index (χ1) is 9.38. The largest absolute Gasteiger partial charge is 0.412 e. The highest BCUT2D eigenvalue weighted by Crippen LogP contribution is 2.37. The van der Waals surface area contributed by atoms with Gasteiger partial charge in [-0.25, -0.2) is 0 Å². The van der Waals surface area contributed by atoms with E-state index < -0.39 is 12.2 Å². The first-order valence-electron chi connectivity index (χ1n) is 6.02. The van der Waals surface area contributed by atoms with Crippen LogP contribution in [0, 0.1) is 6.92 Å². The van der Waals surface area contributed by atoms with E-state index in [0.717, 1.165) is 5.56 Å². The summed E-state index contributed by atoms with van der Waals surface area (Å²) in [4.78, 5) is 0. The van der Waals surface area contributed by atoms with Crippen molar-refractivity contribution in [2.24, 2.45) is 0 Å². The summed E-state index contributed by atoms with van der Waals surface area (Å²) < 4.78 is 39.6. The lowest BCUT2D eigenvalue weighted by atomic mass is 10.1. The van der Waals surface area contributed by atoms with Crippen LogP contribution in [0.15, 0.2) is 48.5 Å². The summed E-state index contributed by atoms with van der Waals surface area (Å²) in [5, 5.41) is 2.75. The normalized spacial score (nSPS) is 13.1. The van der Waals surface area contributed by atoms with Gasteiger partial charge in [-0.2, -0.15) is 13.2 Å². The van der Waals surface area contributed by atoms with Crippen LogP contribution in [0.1, 0.15) is 17.2 Å². The molecule has 106 valence electrons. The minimum atomic E-state index is -4.41. The van der Waals surface area contributed by atoms with E-state index in [0.29, 0.717) is 0 Å². The Kier molecular flexibility index (Phi) is 4.23. The quantitative estimate of drug-likeness (QED) is 0.804. The number of benzene rings is 2. The fraction of sp³-hybridized carbons (Fsp3) is 0.200. The molecular weight excluding hydrogens is 287 g/mol. The van der Waals surface area contributed by atoms with Crippen LogP contribution in [0.25, 0.3) is 0 Å². The number of nitrogens with one attached hydrogen (secondary N) is 1. The van der Waals surface area contributed by atoms with Crippen LogP contribution in [0.2, 0.25) is 5.02 Å². The summed E-state index contributed by atoms with van der Waals surface area (Å²) in [6, 6.07) is 10.8. The molecule has 2 aromatic carbocycles. The molecule has 0 aromatic heterocycles. The van der Waals surface area contributed by atoms with Crippen molar-refractivity contribution in [2.45, 2.75) is 19.1 Å². The molecule has 2 rings (SSSR count). The monoisotopic (exact) mass is 299 g/mol. The maximum Gasteiger partial charge on any atom is 0.412 e. The van der Waals surface area contributed by atoms with Crippen LogP contribution in [0.4, 0.5) is 18.9 Å². The zero-order chi connectivity index (χ0) is 14.8. The molecule has 0 aliphatic carbocycles. The highest BCUT2D eigenvalue weighted by atomic mass is 35.5. The number of anilines is 1. The molecule has 2 aromatic rings. The molecule has 0 amide bonds. The fourth-order valence-electron chi connectivity index (χ4n) is 1.89. The Hall–Kier alpha value is -1.68. The Morgan fingerprint density at radius 3 is 2.25 bits per heavy atom. The van der Waals surface area contributed by atoms with Crippen molar-refractivity contribution in [3.8, 4) is 0 Å². The second-order valence-corrected chi connectivity index (χ2v) is 4.92. The second-order valence-electron chi connectivity index (χ2n) is 4.51. The number of alkyl halides is 3. The van der Waals surface area contributed by atoms with Crippen molar-refractivity contribution in [1.82, 2.24) is 0 Å². The molecule has 0 aliphatic heterocycles. The molecule has 1 unspecified atom stereocenters. The molecule has 0 spiro atoms. The van der Waals surface area contributed by atoms with Gasteiger partial charge in [-0.3, -0.25) is 0 Å². The van der Waals surface area contributed by atoms with Crippen LogP contribution >= 0.6 is 11.6 Å². The molecule has 0 aliphatic rings. The Morgan fingerprint density at radius 2 is 1.70 bits per heavy atom. The van der Waals surface area contributed by atoms with E-state index in [1.54, 1.807) is 36.4 Å². The Morgan fingerprint density at radius 1 is 1.05 bits per heavy atom. The van der Waals surface area contributed by atoms with Gasteiger partial charge in [0.2, 0.25) is 0 Å². The van der Waals surface area contributed by atoms with Crippen molar-refractivity contribution in [2.75, 3.05) is 5.32 Å². The van der Waals surface area contributed by atoms with Crippen LogP contribution in [-0.2, 0) is 0 Å². The van der Waals surface area contributed by atoms with Gasteiger partial charge >= 0.3 is 6.18 Å². The molecule has 0 radical (unpaired) electrons. The molecule has 5 heteroatoms. The molecule has 0 heterocycles. The van der Waals surface area contributed by atoms with Gasteiger partial charge in [-0.1, -0.05) is 48.0 Å². The average Bonchev–Trinajstić information content (AvgIpc) is 2.37. The van der Waals surface area contributed by atoms with Gasteiger partial charge in [0.05, 0.1) is 10.7 Å². The van der Waals surface area contributed by atoms with E-state index in [-0.39, 0.29) is 16.3 Å². The minimum absolute atomic E-state index is 0.150. The number of hydrogen-bond acceptors (Lipinski definition) is 1. The van der Waals surface area contributed by atoms with Gasteiger partial charge in [0.25, 0.3) is 0 Å². The van der Waals surface area contributed by atoms with Gasteiger partial charge in [0.1, 0.15) is 6.04 Å². The summed E-state index contributed by atoms with van der Waals surface area (Å²) in [7, 11) is 0. The molecule has 20 heavy (non-hydrogen) atoms. The predicted molar refractivity (Wildman–Crippen MR) is 75.0 cm³/mol. The van der Waals surface area contributed by atoms with Gasteiger partial charge in [-0.15, -0.1) is 0 Å². The van der Waals surface area contributed by atoms with Crippen molar-refractivity contribution in [3.63, 3.8) is 0 Å². The number of aryl methyl sites for hydroxylation is 1. The first-order valence-corrected chi connectivity index (χ1v) is 6.40. The fourth-order valence-corrected chi connectivity index (χ4v) is 2.18. The molecule has 0 saturated heterocycles. The van der Waals surface area contributed by atoms with Crippen molar-refractivity contribution < 1.29 is 13.2 Å². The summed E-state index contributed by atoms with van der Waals surface area (Å²) >= 11 is 5.98. The van der Waals surface area contributed by atoms with Gasteiger partial charge in [0.15, 0.2) is 0 Å².